The van der Waals surface area contributed by atoms with Crippen molar-refractivity contribution in [1.29, 1.82) is 0 Å². The summed E-state index contributed by atoms with van der Waals surface area (Å²) in [6.07, 6.45) is 1.60. The second-order valence-corrected chi connectivity index (χ2v) is 12.5. The summed E-state index contributed by atoms with van der Waals surface area (Å²) >= 11 is 3.05. The molecule has 0 saturated heterocycles. The van der Waals surface area contributed by atoms with Gasteiger partial charge in [0.2, 0.25) is 0 Å². The average molecular weight is 598 g/mol. The third-order valence-corrected chi connectivity index (χ3v) is 9.28. The Labute approximate surface area is 252 Å². The van der Waals surface area contributed by atoms with Crippen LogP contribution >= 0.6 is 23.1 Å². The topological polar surface area (TPSA) is 73.1 Å². The molecule has 3 heterocycles. The van der Waals surface area contributed by atoms with Crippen LogP contribution in [0.1, 0.15) is 44.9 Å². The van der Waals surface area contributed by atoms with E-state index in [-0.39, 0.29) is 11.7 Å². The summed E-state index contributed by atoms with van der Waals surface area (Å²) < 4.78 is 13.4. The molecule has 1 atom stereocenters. The lowest BCUT2D eigenvalue weighted by molar-refractivity contribution is -0.143. The molecule has 0 saturated carbocycles. The highest BCUT2D eigenvalue weighted by Gasteiger charge is 2.34. The van der Waals surface area contributed by atoms with Crippen molar-refractivity contribution in [2.24, 2.45) is 4.99 Å². The van der Waals surface area contributed by atoms with E-state index in [0.29, 0.717) is 27.2 Å². The maximum absolute atomic E-state index is 14.0. The Morgan fingerprint density at radius 2 is 1.79 bits per heavy atom. The number of allylic oxidation sites excluding steroid dienone is 1. The van der Waals surface area contributed by atoms with Crippen molar-refractivity contribution in [3.63, 3.8) is 0 Å². The van der Waals surface area contributed by atoms with Crippen LogP contribution in [0.3, 0.4) is 0 Å². The van der Waals surface area contributed by atoms with E-state index in [1.807, 2.05) is 69.3 Å². The standard InChI is InChI=1S/C33H31N3O4S2/c1-6-39-23-14-12-22(13-15-23)30-29(32(38)40-19(2)3)20(4)34-33-36(30)31(37)28(42-33)18-21-11-16-25-27(17-21)41-26-10-8-7-9-24(26)35(25)5/h7-19,30H,6H2,1-5H3/b28-18-/t30-/m1/s1. The molecule has 7 nitrogen and oxygen atoms in total. The van der Waals surface area contributed by atoms with Gasteiger partial charge < -0.3 is 14.4 Å². The van der Waals surface area contributed by atoms with Crippen LogP contribution in [0.2, 0.25) is 0 Å². The number of nitrogens with zero attached hydrogens (tertiary/aromatic N) is 3. The maximum Gasteiger partial charge on any atom is 0.338 e. The summed E-state index contributed by atoms with van der Waals surface area (Å²) in [6, 6.07) is 21.4. The minimum Gasteiger partial charge on any atom is -0.494 e. The minimum absolute atomic E-state index is 0.201. The third-order valence-electron chi connectivity index (χ3n) is 7.18. The SMILES string of the molecule is CCOc1ccc([C@@H]2C(C(=O)OC(C)C)=C(C)N=c3s/c(=C\c4ccc5c(c4)Sc4ccccc4N5C)c(=O)n32)cc1. The fourth-order valence-electron chi connectivity index (χ4n) is 5.29. The van der Waals surface area contributed by atoms with Crippen LogP contribution in [0, 0.1) is 0 Å². The van der Waals surface area contributed by atoms with Crippen LogP contribution in [0.5, 0.6) is 5.75 Å². The molecule has 0 spiro atoms. The van der Waals surface area contributed by atoms with Crippen LogP contribution in [0.4, 0.5) is 11.4 Å². The van der Waals surface area contributed by atoms with E-state index in [0.717, 1.165) is 27.5 Å². The molecule has 0 radical (unpaired) electrons. The molecule has 6 rings (SSSR count). The van der Waals surface area contributed by atoms with Crippen molar-refractivity contribution in [1.82, 2.24) is 4.57 Å². The first-order valence-electron chi connectivity index (χ1n) is 13.9. The van der Waals surface area contributed by atoms with Gasteiger partial charge in [-0.3, -0.25) is 9.36 Å². The Balaban J connectivity index is 1.45. The number of fused-ring (bicyclic) bond motifs is 3. The Bertz CT molecular complexity index is 1900. The van der Waals surface area contributed by atoms with Gasteiger partial charge in [0.05, 0.1) is 45.9 Å². The first-order chi connectivity index (χ1) is 20.2. The zero-order valence-corrected chi connectivity index (χ0v) is 25.7. The highest BCUT2D eigenvalue weighted by molar-refractivity contribution is 7.99. The van der Waals surface area contributed by atoms with Gasteiger partial charge in [-0.15, -0.1) is 0 Å². The van der Waals surface area contributed by atoms with Crippen molar-refractivity contribution >= 4 is 46.5 Å². The number of thiazole rings is 1. The Morgan fingerprint density at radius 1 is 1.05 bits per heavy atom. The number of rotatable bonds is 6. The van der Waals surface area contributed by atoms with Crippen LogP contribution in [-0.2, 0) is 9.53 Å². The second kappa shape index (κ2) is 11.3. The molecule has 0 bridgehead atoms. The summed E-state index contributed by atoms with van der Waals surface area (Å²) in [5.74, 6) is 0.245. The molecular weight excluding hydrogens is 567 g/mol. The van der Waals surface area contributed by atoms with E-state index in [1.165, 1.54) is 21.9 Å². The molecule has 0 fully saturated rings. The van der Waals surface area contributed by atoms with Crippen LogP contribution in [0.25, 0.3) is 6.08 Å². The lowest BCUT2D eigenvalue weighted by atomic mass is 9.96. The molecule has 2 aliphatic rings. The van der Waals surface area contributed by atoms with Gasteiger partial charge in [0.1, 0.15) is 5.75 Å². The lowest BCUT2D eigenvalue weighted by Gasteiger charge is -2.29. The number of aromatic nitrogens is 1. The molecule has 0 amide bonds. The van der Waals surface area contributed by atoms with Gasteiger partial charge in [0.25, 0.3) is 5.56 Å². The summed E-state index contributed by atoms with van der Waals surface area (Å²) in [6.45, 7) is 7.88. The number of esters is 1. The van der Waals surface area contributed by atoms with E-state index in [1.54, 1.807) is 23.3 Å². The molecule has 3 aromatic carbocycles. The van der Waals surface area contributed by atoms with Crippen LogP contribution < -0.4 is 24.5 Å². The lowest BCUT2D eigenvalue weighted by Crippen LogP contribution is -2.40. The van der Waals surface area contributed by atoms with Crippen molar-refractivity contribution in [3.05, 3.63) is 109 Å². The fourth-order valence-corrected chi connectivity index (χ4v) is 7.53. The summed E-state index contributed by atoms with van der Waals surface area (Å²) in [5.41, 5.74) is 4.70. The second-order valence-electron chi connectivity index (χ2n) is 10.4. The zero-order chi connectivity index (χ0) is 29.5. The van der Waals surface area contributed by atoms with E-state index >= 15 is 0 Å². The molecule has 9 heteroatoms. The number of para-hydroxylation sites is 1. The van der Waals surface area contributed by atoms with Crippen molar-refractivity contribution in [2.45, 2.75) is 49.6 Å². The molecule has 42 heavy (non-hydrogen) atoms. The number of carbonyl (C=O) groups excluding carboxylic acids is 1. The van der Waals surface area contributed by atoms with Crippen molar-refractivity contribution in [2.75, 3.05) is 18.6 Å². The molecule has 0 aliphatic carbocycles. The summed E-state index contributed by atoms with van der Waals surface area (Å²) in [7, 11) is 2.07. The number of ether oxygens (including phenoxy) is 2. The van der Waals surface area contributed by atoms with Gasteiger partial charge in [-0.25, -0.2) is 9.79 Å². The van der Waals surface area contributed by atoms with E-state index in [9.17, 15) is 9.59 Å². The van der Waals surface area contributed by atoms with Gasteiger partial charge in [-0.2, -0.15) is 0 Å². The highest BCUT2D eigenvalue weighted by Crippen LogP contribution is 2.47. The first-order valence-corrected chi connectivity index (χ1v) is 15.5. The summed E-state index contributed by atoms with van der Waals surface area (Å²) in [4.78, 5) is 37.2. The predicted octanol–water partition coefficient (Wildman–Crippen LogP) is 5.82. The fraction of sp³-hybridized carbons (Fsp3) is 0.242. The Hall–Kier alpha value is -4.08. The third kappa shape index (κ3) is 5.07. The smallest absolute Gasteiger partial charge is 0.338 e. The maximum atomic E-state index is 14.0. The quantitative estimate of drug-likeness (QED) is 0.261. The highest BCUT2D eigenvalue weighted by atomic mass is 32.2. The molecule has 4 aromatic rings. The molecular formula is C33H31N3O4S2. The first kappa shape index (κ1) is 28.1. The molecule has 2 aliphatic heterocycles. The minimum atomic E-state index is -0.672. The van der Waals surface area contributed by atoms with Crippen LogP contribution in [0.15, 0.2) is 97.6 Å². The monoisotopic (exact) mass is 597 g/mol. The summed E-state index contributed by atoms with van der Waals surface area (Å²) in [5, 5.41) is 0. The molecule has 214 valence electrons. The molecule has 0 unspecified atom stereocenters. The number of carbonyl (C=O) groups is 1. The number of anilines is 2. The predicted molar refractivity (Wildman–Crippen MR) is 168 cm³/mol. The van der Waals surface area contributed by atoms with E-state index in [2.05, 4.69) is 36.2 Å². The number of benzene rings is 3. The Morgan fingerprint density at radius 3 is 2.52 bits per heavy atom. The zero-order valence-electron chi connectivity index (χ0n) is 24.1. The van der Waals surface area contributed by atoms with Crippen molar-refractivity contribution < 1.29 is 14.3 Å². The average Bonchev–Trinajstić information content (AvgIpc) is 3.26. The van der Waals surface area contributed by atoms with Gasteiger partial charge in [-0.1, -0.05) is 53.4 Å². The largest absolute Gasteiger partial charge is 0.494 e. The molecule has 0 N–H and O–H groups in total. The van der Waals surface area contributed by atoms with E-state index < -0.39 is 12.0 Å². The molecule has 1 aromatic heterocycles. The number of hydrogen-bond donors (Lipinski definition) is 0. The van der Waals surface area contributed by atoms with Gasteiger partial charge in [0, 0.05) is 16.8 Å². The van der Waals surface area contributed by atoms with Gasteiger partial charge in [0.15, 0.2) is 4.80 Å². The van der Waals surface area contributed by atoms with Gasteiger partial charge >= 0.3 is 5.97 Å². The van der Waals surface area contributed by atoms with Crippen LogP contribution in [-0.4, -0.2) is 30.3 Å². The van der Waals surface area contributed by atoms with Crippen molar-refractivity contribution in [3.8, 4) is 5.75 Å². The normalized spacial score (nSPS) is 16.1. The van der Waals surface area contributed by atoms with Gasteiger partial charge in [-0.05, 0) is 81.3 Å². The van der Waals surface area contributed by atoms with E-state index in [4.69, 9.17) is 14.5 Å². The number of hydrogen-bond acceptors (Lipinski definition) is 8. The Kier molecular flexibility index (Phi) is 7.55.